The molecule has 0 fully saturated rings. The Morgan fingerprint density at radius 2 is 1.73 bits per heavy atom. The summed E-state index contributed by atoms with van der Waals surface area (Å²) in [5.74, 6) is 0.305. The molecule has 0 spiro atoms. The highest BCUT2D eigenvalue weighted by molar-refractivity contribution is 5.95. The van der Waals surface area contributed by atoms with Crippen LogP contribution in [0.15, 0.2) is 60.7 Å². The molecule has 0 aromatic heterocycles. The Kier molecular flexibility index (Phi) is 8.22. The van der Waals surface area contributed by atoms with Gasteiger partial charge in [-0.1, -0.05) is 42.5 Å². The summed E-state index contributed by atoms with van der Waals surface area (Å²) in [5, 5.41) is 2.08. The molecule has 0 N–H and O–H groups in total. The number of hydrogen-bond acceptors (Lipinski definition) is 6. The number of ether oxygens (including phenoxy) is 2. The molecule has 3 rings (SSSR count). The largest absolute Gasteiger partial charge is 0.488 e. The van der Waals surface area contributed by atoms with Crippen molar-refractivity contribution in [2.75, 3.05) is 46.2 Å². The van der Waals surface area contributed by atoms with Crippen LogP contribution in [0.3, 0.4) is 0 Å². The van der Waals surface area contributed by atoms with Crippen molar-refractivity contribution in [3.63, 3.8) is 0 Å². The molecule has 0 saturated heterocycles. The van der Waals surface area contributed by atoms with Crippen molar-refractivity contribution in [2.45, 2.75) is 6.61 Å². The van der Waals surface area contributed by atoms with Gasteiger partial charge in [0.2, 0.25) is 0 Å². The normalized spacial score (nSPS) is 11.2. The van der Waals surface area contributed by atoms with Crippen LogP contribution in [0, 0.1) is 0 Å². The summed E-state index contributed by atoms with van der Waals surface area (Å²) in [7, 11) is 7.36. The van der Waals surface area contributed by atoms with Gasteiger partial charge < -0.3 is 19.3 Å². The van der Waals surface area contributed by atoms with Crippen molar-refractivity contribution in [2.24, 2.45) is 0 Å². The van der Waals surface area contributed by atoms with Gasteiger partial charge in [-0.05, 0) is 49.3 Å². The molecule has 33 heavy (non-hydrogen) atoms. The van der Waals surface area contributed by atoms with Crippen molar-refractivity contribution in [1.29, 1.82) is 0 Å². The number of esters is 1. The van der Waals surface area contributed by atoms with Gasteiger partial charge >= 0.3 is 5.97 Å². The Labute approximate surface area is 195 Å². The summed E-state index contributed by atoms with van der Waals surface area (Å²) in [4.78, 5) is 27.8. The molecule has 172 valence electrons. The van der Waals surface area contributed by atoms with Gasteiger partial charge in [0.05, 0.1) is 18.4 Å². The summed E-state index contributed by atoms with van der Waals surface area (Å²) in [5.41, 5.74) is 2.81. The van der Waals surface area contributed by atoms with Gasteiger partial charge in [0.25, 0.3) is 0 Å². The van der Waals surface area contributed by atoms with E-state index in [1.165, 1.54) is 13.2 Å². The van der Waals surface area contributed by atoms with Crippen LogP contribution in [0.25, 0.3) is 16.8 Å². The quantitative estimate of drug-likeness (QED) is 0.261. The first-order valence-electron chi connectivity index (χ1n) is 10.8. The number of benzene rings is 3. The molecule has 0 amide bonds. The third-order valence-corrected chi connectivity index (χ3v) is 5.46. The van der Waals surface area contributed by atoms with Crippen LogP contribution < -0.4 is 9.64 Å². The van der Waals surface area contributed by atoms with Crippen LogP contribution in [0.2, 0.25) is 0 Å². The standard InChI is InChI=1S/C27H30N2O4/c1-28(2)16-17-29(3)26-21(11-8-18-30)14-15-23(27(31)32-4)24(26)19-33-25-13-7-10-20-9-5-6-12-22(20)25/h5-15,18H,16-17,19H2,1-4H3. The minimum atomic E-state index is -0.431. The molecule has 6 nitrogen and oxygen atoms in total. The lowest BCUT2D eigenvalue weighted by atomic mass is 9.99. The van der Waals surface area contributed by atoms with E-state index in [-0.39, 0.29) is 6.61 Å². The molecule has 0 radical (unpaired) electrons. The van der Waals surface area contributed by atoms with Crippen LogP contribution in [0.1, 0.15) is 21.5 Å². The molecule has 3 aromatic carbocycles. The van der Waals surface area contributed by atoms with Gasteiger partial charge in [-0.25, -0.2) is 4.79 Å². The van der Waals surface area contributed by atoms with E-state index in [0.717, 1.165) is 47.1 Å². The van der Waals surface area contributed by atoms with E-state index in [4.69, 9.17) is 9.47 Å². The molecule has 0 heterocycles. The minimum Gasteiger partial charge on any atom is -0.488 e. The van der Waals surface area contributed by atoms with Gasteiger partial charge in [0, 0.05) is 31.1 Å². The Morgan fingerprint density at radius 1 is 0.970 bits per heavy atom. The van der Waals surface area contributed by atoms with E-state index in [2.05, 4.69) is 9.80 Å². The van der Waals surface area contributed by atoms with Crippen molar-refractivity contribution in [3.8, 4) is 5.75 Å². The lowest BCUT2D eigenvalue weighted by Gasteiger charge is -2.27. The average Bonchev–Trinajstić information content (AvgIpc) is 2.83. The Hall–Kier alpha value is -3.64. The number of aldehydes is 1. The van der Waals surface area contributed by atoms with Gasteiger partial charge in [-0.2, -0.15) is 0 Å². The maximum Gasteiger partial charge on any atom is 0.338 e. The number of hydrogen-bond donors (Lipinski definition) is 0. The van der Waals surface area contributed by atoms with Gasteiger partial charge in [-0.3, -0.25) is 4.79 Å². The summed E-state index contributed by atoms with van der Waals surface area (Å²) >= 11 is 0. The van der Waals surface area contributed by atoms with E-state index < -0.39 is 5.97 Å². The average molecular weight is 447 g/mol. The SMILES string of the molecule is COC(=O)c1ccc(C=CC=O)c(N(C)CCN(C)C)c1COc1cccc2ccccc12. The molecule has 0 aliphatic carbocycles. The molecule has 0 atom stereocenters. The predicted octanol–water partition coefficient (Wildman–Crippen LogP) is 4.42. The van der Waals surface area contributed by atoms with Crippen LogP contribution in [0.5, 0.6) is 5.75 Å². The lowest BCUT2D eigenvalue weighted by molar-refractivity contribution is -0.104. The monoisotopic (exact) mass is 446 g/mol. The first-order valence-corrected chi connectivity index (χ1v) is 10.8. The fourth-order valence-corrected chi connectivity index (χ4v) is 3.76. The highest BCUT2D eigenvalue weighted by atomic mass is 16.5. The number of likely N-dealkylation sites (N-methyl/N-ethyl adjacent to an activating group) is 2. The van der Waals surface area contributed by atoms with E-state index in [1.807, 2.05) is 69.7 Å². The van der Waals surface area contributed by atoms with Crippen molar-refractivity contribution < 1.29 is 19.1 Å². The fourth-order valence-electron chi connectivity index (χ4n) is 3.76. The highest BCUT2D eigenvalue weighted by Gasteiger charge is 2.21. The van der Waals surface area contributed by atoms with Gasteiger partial charge in [0.15, 0.2) is 0 Å². The molecular weight excluding hydrogens is 416 g/mol. The van der Waals surface area contributed by atoms with Crippen LogP contribution >= 0.6 is 0 Å². The Morgan fingerprint density at radius 3 is 2.45 bits per heavy atom. The first-order chi connectivity index (χ1) is 16.0. The second-order valence-electron chi connectivity index (χ2n) is 8.01. The maximum absolute atomic E-state index is 12.6. The Bertz CT molecular complexity index is 1150. The first kappa shape index (κ1) is 24.0. The molecule has 0 saturated carbocycles. The van der Waals surface area contributed by atoms with E-state index >= 15 is 0 Å². The number of methoxy groups -OCH3 is 1. The molecule has 3 aromatic rings. The van der Waals surface area contributed by atoms with Crippen molar-refractivity contribution in [1.82, 2.24) is 4.90 Å². The number of rotatable bonds is 10. The second-order valence-corrected chi connectivity index (χ2v) is 8.01. The smallest absolute Gasteiger partial charge is 0.338 e. The number of allylic oxidation sites excluding steroid dienone is 1. The van der Waals surface area contributed by atoms with Crippen LogP contribution in [-0.4, -0.2) is 58.5 Å². The summed E-state index contributed by atoms with van der Waals surface area (Å²) < 4.78 is 11.3. The van der Waals surface area contributed by atoms with Crippen molar-refractivity contribution in [3.05, 3.63) is 77.4 Å². The predicted molar refractivity (Wildman–Crippen MR) is 133 cm³/mol. The lowest BCUT2D eigenvalue weighted by Crippen LogP contribution is -2.30. The van der Waals surface area contributed by atoms with E-state index in [1.54, 1.807) is 12.1 Å². The van der Waals surface area contributed by atoms with Crippen LogP contribution in [0.4, 0.5) is 5.69 Å². The molecule has 6 heteroatoms. The summed E-state index contributed by atoms with van der Waals surface area (Å²) in [6.45, 7) is 1.71. The summed E-state index contributed by atoms with van der Waals surface area (Å²) in [6.07, 6.45) is 3.94. The minimum absolute atomic E-state index is 0.169. The van der Waals surface area contributed by atoms with Gasteiger partial charge in [0.1, 0.15) is 18.6 Å². The number of nitrogens with zero attached hydrogens (tertiary/aromatic N) is 2. The fraction of sp³-hybridized carbons (Fsp3) is 0.259. The number of carbonyl (C=O) groups is 2. The highest BCUT2D eigenvalue weighted by Crippen LogP contribution is 2.32. The molecule has 0 unspecified atom stereocenters. The zero-order valence-electron chi connectivity index (χ0n) is 19.6. The third-order valence-electron chi connectivity index (χ3n) is 5.46. The zero-order valence-corrected chi connectivity index (χ0v) is 19.6. The van der Waals surface area contributed by atoms with Gasteiger partial charge in [-0.15, -0.1) is 0 Å². The van der Waals surface area contributed by atoms with E-state index in [9.17, 15) is 9.59 Å². The number of anilines is 1. The molecule has 0 bridgehead atoms. The van der Waals surface area contributed by atoms with Crippen LogP contribution in [-0.2, 0) is 16.1 Å². The zero-order chi connectivity index (χ0) is 23.8. The Balaban J connectivity index is 2.09. The van der Waals surface area contributed by atoms with Crippen molar-refractivity contribution >= 4 is 34.8 Å². The second kappa shape index (κ2) is 11.3. The number of fused-ring (bicyclic) bond motifs is 1. The summed E-state index contributed by atoms with van der Waals surface area (Å²) in [6, 6.07) is 17.5. The number of carbonyl (C=O) groups excluding carboxylic acids is 2. The third kappa shape index (κ3) is 5.79. The maximum atomic E-state index is 12.6. The molecular formula is C27H30N2O4. The molecule has 0 aliphatic heterocycles. The topological polar surface area (TPSA) is 59.1 Å². The van der Waals surface area contributed by atoms with E-state index in [0.29, 0.717) is 11.1 Å². The molecule has 0 aliphatic rings.